The Balaban J connectivity index is 1.47. The first kappa shape index (κ1) is 23.1. The lowest BCUT2D eigenvalue weighted by Crippen LogP contribution is -2.47. The van der Waals surface area contributed by atoms with Gasteiger partial charge in [-0.1, -0.05) is 11.6 Å². The summed E-state index contributed by atoms with van der Waals surface area (Å²) in [5.41, 5.74) is 1.61. The summed E-state index contributed by atoms with van der Waals surface area (Å²) in [6.45, 7) is 3.24. The van der Waals surface area contributed by atoms with Crippen LogP contribution < -0.4 is 15.0 Å². The molecule has 4 rings (SSSR count). The van der Waals surface area contributed by atoms with Crippen LogP contribution in [0.3, 0.4) is 0 Å². The number of hydrogen-bond donors (Lipinski definition) is 1. The van der Waals surface area contributed by atoms with E-state index in [-0.39, 0.29) is 30.7 Å². The number of rotatable bonds is 5. The highest BCUT2D eigenvalue weighted by molar-refractivity contribution is 6.30. The molecule has 1 atom stereocenters. The molecule has 9 heteroatoms. The molecule has 2 aliphatic heterocycles. The van der Waals surface area contributed by atoms with Crippen molar-refractivity contribution in [2.45, 2.75) is 6.42 Å². The van der Waals surface area contributed by atoms with Crippen LogP contribution in [0.4, 0.5) is 11.4 Å². The highest BCUT2D eigenvalue weighted by Crippen LogP contribution is 2.30. The number of carbonyl (C=O) groups is 3. The molecule has 2 aliphatic rings. The van der Waals surface area contributed by atoms with E-state index in [9.17, 15) is 14.4 Å². The van der Waals surface area contributed by atoms with Crippen molar-refractivity contribution < 1.29 is 19.1 Å². The Morgan fingerprint density at radius 3 is 2.42 bits per heavy atom. The molecule has 1 N–H and O–H groups in total. The van der Waals surface area contributed by atoms with Crippen LogP contribution in [-0.4, -0.2) is 74.4 Å². The molecule has 2 heterocycles. The molecular formula is C24H27ClN4O4. The number of amides is 3. The Kier molecular flexibility index (Phi) is 6.85. The van der Waals surface area contributed by atoms with E-state index >= 15 is 0 Å². The summed E-state index contributed by atoms with van der Waals surface area (Å²) in [5, 5.41) is 3.45. The monoisotopic (exact) mass is 470 g/mol. The summed E-state index contributed by atoms with van der Waals surface area (Å²) < 4.78 is 5.39. The fourth-order valence-electron chi connectivity index (χ4n) is 4.12. The molecule has 8 nitrogen and oxygen atoms in total. The lowest BCUT2D eigenvalue weighted by molar-refractivity contribution is -0.122. The van der Waals surface area contributed by atoms with Gasteiger partial charge in [-0.05, 0) is 49.5 Å². The lowest BCUT2D eigenvalue weighted by atomic mass is 10.1. The maximum absolute atomic E-state index is 13.0. The quantitative estimate of drug-likeness (QED) is 0.726. The zero-order valence-electron chi connectivity index (χ0n) is 18.7. The number of piperazine rings is 1. The largest absolute Gasteiger partial charge is 0.495 e. The van der Waals surface area contributed by atoms with Gasteiger partial charge in [-0.15, -0.1) is 0 Å². The third-order valence-electron chi connectivity index (χ3n) is 6.13. The maximum atomic E-state index is 13.0. The number of nitrogens with zero attached hydrogens (tertiary/aromatic N) is 3. The van der Waals surface area contributed by atoms with Crippen LogP contribution in [0.25, 0.3) is 0 Å². The third-order valence-corrected chi connectivity index (χ3v) is 6.38. The van der Waals surface area contributed by atoms with Gasteiger partial charge in [0.1, 0.15) is 5.75 Å². The van der Waals surface area contributed by atoms with Gasteiger partial charge >= 0.3 is 0 Å². The minimum atomic E-state index is -0.519. The highest BCUT2D eigenvalue weighted by Gasteiger charge is 2.35. The number of anilines is 2. The van der Waals surface area contributed by atoms with Gasteiger partial charge in [-0.3, -0.25) is 14.4 Å². The molecular weight excluding hydrogens is 444 g/mol. The van der Waals surface area contributed by atoms with Crippen molar-refractivity contribution in [3.05, 3.63) is 53.1 Å². The smallest absolute Gasteiger partial charge is 0.254 e. The number of halogens is 1. The van der Waals surface area contributed by atoms with Crippen molar-refractivity contribution in [2.75, 3.05) is 57.1 Å². The van der Waals surface area contributed by atoms with Crippen LogP contribution in [0.1, 0.15) is 16.8 Å². The van der Waals surface area contributed by atoms with Crippen LogP contribution in [0.15, 0.2) is 42.5 Å². The second kappa shape index (κ2) is 9.80. The second-order valence-corrected chi connectivity index (χ2v) is 8.82. The van der Waals surface area contributed by atoms with Gasteiger partial charge in [0.2, 0.25) is 11.8 Å². The zero-order valence-corrected chi connectivity index (χ0v) is 19.5. The molecule has 2 aromatic carbocycles. The molecule has 33 heavy (non-hydrogen) atoms. The number of benzene rings is 2. The zero-order chi connectivity index (χ0) is 23.5. The Bertz CT molecular complexity index is 1050. The summed E-state index contributed by atoms with van der Waals surface area (Å²) in [5.74, 6) is -0.552. The number of nitrogens with one attached hydrogen (secondary N) is 1. The molecule has 2 aromatic rings. The van der Waals surface area contributed by atoms with Crippen LogP contribution in [0, 0.1) is 5.92 Å². The number of ether oxygens (including phenoxy) is 1. The Labute approximate surface area is 198 Å². The van der Waals surface area contributed by atoms with Crippen LogP contribution >= 0.6 is 11.6 Å². The second-order valence-electron chi connectivity index (χ2n) is 8.38. The van der Waals surface area contributed by atoms with E-state index in [1.165, 1.54) is 7.11 Å². The molecule has 0 spiro atoms. The fraction of sp³-hybridized carbons (Fsp3) is 0.375. The number of hydrogen-bond acceptors (Lipinski definition) is 5. The standard InChI is InChI=1S/C24H27ClN4O4/c1-27-9-11-28(12-10-27)24(32)16-3-8-21(33-2)20(13-16)26-23(31)17-14-22(30)29(15-17)19-6-4-18(25)5-7-19/h3-8,13,17H,9-12,14-15H2,1-2H3,(H,26,31). The first-order valence-corrected chi connectivity index (χ1v) is 11.3. The molecule has 0 aliphatic carbocycles. The molecule has 0 saturated carbocycles. The molecule has 1 unspecified atom stereocenters. The number of likely N-dealkylation sites (N-methyl/N-ethyl adjacent to an activating group) is 1. The predicted molar refractivity (Wildman–Crippen MR) is 127 cm³/mol. The van der Waals surface area contributed by atoms with Crippen LogP contribution in [0.2, 0.25) is 5.02 Å². The third kappa shape index (κ3) is 5.12. The van der Waals surface area contributed by atoms with Gasteiger partial charge in [0.15, 0.2) is 0 Å². The summed E-state index contributed by atoms with van der Waals surface area (Å²) in [6, 6.07) is 12.0. The van der Waals surface area contributed by atoms with E-state index in [0.717, 1.165) is 13.1 Å². The molecule has 2 fully saturated rings. The summed E-state index contributed by atoms with van der Waals surface area (Å²) in [6.07, 6.45) is 0.108. The minimum Gasteiger partial charge on any atom is -0.495 e. The maximum Gasteiger partial charge on any atom is 0.254 e. The van der Waals surface area contributed by atoms with Gasteiger partial charge in [0.05, 0.1) is 18.7 Å². The van der Waals surface area contributed by atoms with Crippen molar-refractivity contribution in [2.24, 2.45) is 5.92 Å². The Morgan fingerprint density at radius 2 is 1.76 bits per heavy atom. The SMILES string of the molecule is COc1ccc(C(=O)N2CCN(C)CC2)cc1NC(=O)C1CC(=O)N(c2ccc(Cl)cc2)C1. The predicted octanol–water partition coefficient (Wildman–Crippen LogP) is 2.73. The number of methoxy groups -OCH3 is 1. The van der Waals surface area contributed by atoms with E-state index < -0.39 is 5.92 Å². The molecule has 3 amide bonds. The van der Waals surface area contributed by atoms with Gasteiger partial charge in [0, 0.05) is 55.4 Å². The minimum absolute atomic E-state index is 0.0776. The van der Waals surface area contributed by atoms with Crippen LogP contribution in [-0.2, 0) is 9.59 Å². The van der Waals surface area contributed by atoms with E-state index in [1.54, 1.807) is 47.4 Å². The van der Waals surface area contributed by atoms with Gasteiger partial charge in [-0.2, -0.15) is 0 Å². The van der Waals surface area contributed by atoms with Crippen molar-refractivity contribution in [1.82, 2.24) is 9.80 Å². The molecule has 0 bridgehead atoms. The van der Waals surface area contributed by atoms with Crippen molar-refractivity contribution in [3.8, 4) is 5.75 Å². The molecule has 0 radical (unpaired) electrons. The van der Waals surface area contributed by atoms with E-state index in [1.807, 2.05) is 11.9 Å². The van der Waals surface area contributed by atoms with E-state index in [0.29, 0.717) is 40.8 Å². The summed E-state index contributed by atoms with van der Waals surface area (Å²) in [7, 11) is 3.54. The van der Waals surface area contributed by atoms with Gasteiger partial charge < -0.3 is 24.8 Å². The highest BCUT2D eigenvalue weighted by atomic mass is 35.5. The van der Waals surface area contributed by atoms with Crippen molar-refractivity contribution >= 4 is 40.7 Å². The normalized spacial score (nSPS) is 19.0. The Morgan fingerprint density at radius 1 is 1.06 bits per heavy atom. The summed E-state index contributed by atoms with van der Waals surface area (Å²) in [4.78, 5) is 44.1. The topological polar surface area (TPSA) is 82.2 Å². The van der Waals surface area contributed by atoms with Gasteiger partial charge in [0.25, 0.3) is 5.91 Å². The van der Waals surface area contributed by atoms with E-state index in [2.05, 4.69) is 10.2 Å². The fourth-order valence-corrected chi connectivity index (χ4v) is 4.25. The lowest BCUT2D eigenvalue weighted by Gasteiger charge is -2.32. The first-order valence-electron chi connectivity index (χ1n) is 10.9. The Hall–Kier alpha value is -3.10. The molecule has 0 aromatic heterocycles. The van der Waals surface area contributed by atoms with Gasteiger partial charge in [-0.25, -0.2) is 0 Å². The first-order chi connectivity index (χ1) is 15.9. The average Bonchev–Trinajstić information content (AvgIpc) is 3.21. The van der Waals surface area contributed by atoms with Crippen molar-refractivity contribution in [1.29, 1.82) is 0 Å². The molecule has 174 valence electrons. The number of carbonyl (C=O) groups excluding carboxylic acids is 3. The van der Waals surface area contributed by atoms with E-state index in [4.69, 9.17) is 16.3 Å². The van der Waals surface area contributed by atoms with Crippen LogP contribution in [0.5, 0.6) is 5.75 Å². The molecule has 2 saturated heterocycles. The van der Waals surface area contributed by atoms with Crippen molar-refractivity contribution in [3.63, 3.8) is 0 Å². The summed E-state index contributed by atoms with van der Waals surface area (Å²) >= 11 is 5.94. The average molecular weight is 471 g/mol.